The molecule has 0 aliphatic heterocycles. The molecule has 0 unspecified atom stereocenters. The van der Waals surface area contributed by atoms with Crippen molar-refractivity contribution >= 4 is 39.8 Å². The van der Waals surface area contributed by atoms with E-state index in [9.17, 15) is 9.59 Å². The van der Waals surface area contributed by atoms with Gasteiger partial charge < -0.3 is 16.0 Å². The Hall–Kier alpha value is -3.34. The highest BCUT2D eigenvalue weighted by Gasteiger charge is 2.04. The third-order valence-corrected chi connectivity index (χ3v) is 3.45. The molecule has 0 heterocycles. The molecule has 0 aliphatic rings. The second-order valence-corrected chi connectivity index (χ2v) is 5.40. The van der Waals surface area contributed by atoms with Crippen LogP contribution in [0.3, 0.4) is 0 Å². The SMILES string of the molecule is CC(=O)Nc1cccc(NC(=O)Nc2ccc3ccccc3c2)c1. The highest BCUT2D eigenvalue weighted by Crippen LogP contribution is 2.19. The van der Waals surface area contributed by atoms with Crippen molar-refractivity contribution in [1.29, 1.82) is 0 Å². The van der Waals surface area contributed by atoms with Crippen LogP contribution >= 0.6 is 0 Å². The molecule has 0 saturated heterocycles. The summed E-state index contributed by atoms with van der Waals surface area (Å²) in [6.45, 7) is 1.44. The van der Waals surface area contributed by atoms with Crippen molar-refractivity contribution in [2.24, 2.45) is 0 Å². The number of carbonyl (C=O) groups is 2. The zero-order chi connectivity index (χ0) is 16.9. The fraction of sp³-hybridized carbons (Fsp3) is 0.0526. The Balaban J connectivity index is 1.69. The zero-order valence-electron chi connectivity index (χ0n) is 13.2. The van der Waals surface area contributed by atoms with Crippen molar-refractivity contribution in [3.8, 4) is 0 Å². The van der Waals surface area contributed by atoms with E-state index < -0.39 is 0 Å². The second kappa shape index (κ2) is 6.83. The summed E-state index contributed by atoms with van der Waals surface area (Å²) < 4.78 is 0. The molecule has 3 aromatic carbocycles. The average Bonchev–Trinajstić information content (AvgIpc) is 2.54. The number of hydrogen-bond acceptors (Lipinski definition) is 2. The van der Waals surface area contributed by atoms with Gasteiger partial charge in [0.1, 0.15) is 0 Å². The molecule has 0 aliphatic carbocycles. The highest BCUT2D eigenvalue weighted by atomic mass is 16.2. The number of carbonyl (C=O) groups excluding carboxylic acids is 2. The molecular weight excluding hydrogens is 302 g/mol. The van der Waals surface area contributed by atoms with Crippen LogP contribution in [-0.4, -0.2) is 11.9 Å². The molecule has 3 aromatic rings. The van der Waals surface area contributed by atoms with E-state index in [0.717, 1.165) is 10.8 Å². The molecule has 0 fully saturated rings. The van der Waals surface area contributed by atoms with Crippen LogP contribution in [-0.2, 0) is 4.79 Å². The van der Waals surface area contributed by atoms with Crippen LogP contribution in [0.2, 0.25) is 0 Å². The third kappa shape index (κ3) is 3.89. The lowest BCUT2D eigenvalue weighted by molar-refractivity contribution is -0.114. The lowest BCUT2D eigenvalue weighted by Gasteiger charge is -2.10. The van der Waals surface area contributed by atoms with Gasteiger partial charge >= 0.3 is 6.03 Å². The van der Waals surface area contributed by atoms with E-state index in [2.05, 4.69) is 16.0 Å². The molecule has 120 valence electrons. The van der Waals surface area contributed by atoms with Crippen LogP contribution in [0.15, 0.2) is 66.7 Å². The van der Waals surface area contributed by atoms with Gasteiger partial charge in [0.25, 0.3) is 0 Å². The molecule has 0 atom stereocenters. The number of nitrogens with one attached hydrogen (secondary N) is 3. The van der Waals surface area contributed by atoms with Gasteiger partial charge in [0.2, 0.25) is 5.91 Å². The van der Waals surface area contributed by atoms with Crippen LogP contribution in [0.25, 0.3) is 10.8 Å². The average molecular weight is 319 g/mol. The number of urea groups is 1. The number of hydrogen-bond donors (Lipinski definition) is 3. The van der Waals surface area contributed by atoms with Crippen molar-refractivity contribution < 1.29 is 9.59 Å². The Morgan fingerprint density at radius 2 is 1.29 bits per heavy atom. The summed E-state index contributed by atoms with van der Waals surface area (Å²) in [6, 6.07) is 20.3. The second-order valence-electron chi connectivity index (χ2n) is 5.40. The van der Waals surface area contributed by atoms with E-state index in [1.807, 2.05) is 42.5 Å². The monoisotopic (exact) mass is 319 g/mol. The van der Waals surface area contributed by atoms with Gasteiger partial charge in [-0.15, -0.1) is 0 Å². The summed E-state index contributed by atoms with van der Waals surface area (Å²) in [5.41, 5.74) is 1.94. The maximum atomic E-state index is 12.1. The molecule has 0 radical (unpaired) electrons. The van der Waals surface area contributed by atoms with Gasteiger partial charge in [-0.1, -0.05) is 36.4 Å². The Morgan fingerprint density at radius 1 is 0.667 bits per heavy atom. The van der Waals surface area contributed by atoms with Gasteiger partial charge in [0.15, 0.2) is 0 Å². The molecule has 5 heteroatoms. The predicted molar refractivity (Wildman–Crippen MR) is 97.3 cm³/mol. The topological polar surface area (TPSA) is 70.2 Å². The van der Waals surface area contributed by atoms with Gasteiger partial charge in [-0.2, -0.15) is 0 Å². The molecule has 5 nitrogen and oxygen atoms in total. The summed E-state index contributed by atoms with van der Waals surface area (Å²) in [5.74, 6) is -0.159. The van der Waals surface area contributed by atoms with Crippen LogP contribution in [0.4, 0.5) is 21.9 Å². The van der Waals surface area contributed by atoms with Crippen LogP contribution < -0.4 is 16.0 Å². The molecule has 3 rings (SSSR count). The minimum absolute atomic E-state index is 0.159. The van der Waals surface area contributed by atoms with E-state index in [4.69, 9.17) is 0 Å². The maximum absolute atomic E-state index is 12.1. The first-order chi connectivity index (χ1) is 11.6. The van der Waals surface area contributed by atoms with E-state index in [1.54, 1.807) is 24.3 Å². The summed E-state index contributed by atoms with van der Waals surface area (Å²) in [5, 5.41) is 10.4. The Kier molecular flexibility index (Phi) is 4.43. The van der Waals surface area contributed by atoms with Gasteiger partial charge in [-0.25, -0.2) is 4.79 Å². The summed E-state index contributed by atoms with van der Waals surface area (Å²) in [7, 11) is 0. The van der Waals surface area contributed by atoms with E-state index in [-0.39, 0.29) is 11.9 Å². The van der Waals surface area contributed by atoms with Crippen molar-refractivity contribution in [3.63, 3.8) is 0 Å². The lowest BCUT2D eigenvalue weighted by Crippen LogP contribution is -2.19. The van der Waals surface area contributed by atoms with Crippen molar-refractivity contribution in [1.82, 2.24) is 0 Å². The van der Waals surface area contributed by atoms with Crippen molar-refractivity contribution in [2.45, 2.75) is 6.92 Å². The Bertz CT molecular complexity index is 906. The Morgan fingerprint density at radius 3 is 2.00 bits per heavy atom. The first-order valence-corrected chi connectivity index (χ1v) is 7.54. The standard InChI is InChI=1S/C19H17N3O2/c1-13(23)20-16-7-4-8-17(12-16)21-19(24)22-18-10-9-14-5-2-3-6-15(14)11-18/h2-12H,1H3,(H,20,23)(H2,21,22,24). The summed E-state index contributed by atoms with van der Waals surface area (Å²) in [6.07, 6.45) is 0. The van der Waals surface area contributed by atoms with Crippen LogP contribution in [0, 0.1) is 0 Å². The fourth-order valence-electron chi connectivity index (χ4n) is 2.44. The maximum Gasteiger partial charge on any atom is 0.323 e. The van der Waals surface area contributed by atoms with Gasteiger partial charge in [-0.3, -0.25) is 4.79 Å². The predicted octanol–water partition coefficient (Wildman–Crippen LogP) is 4.44. The highest BCUT2D eigenvalue weighted by molar-refractivity contribution is 6.01. The van der Waals surface area contributed by atoms with Crippen molar-refractivity contribution in [3.05, 3.63) is 66.7 Å². The van der Waals surface area contributed by atoms with E-state index in [0.29, 0.717) is 17.1 Å². The molecule has 3 amide bonds. The number of fused-ring (bicyclic) bond motifs is 1. The molecule has 0 saturated carbocycles. The normalized spacial score (nSPS) is 10.2. The van der Waals surface area contributed by atoms with Gasteiger partial charge in [0, 0.05) is 24.0 Å². The van der Waals surface area contributed by atoms with Crippen molar-refractivity contribution in [2.75, 3.05) is 16.0 Å². The molecular formula is C19H17N3O2. The minimum Gasteiger partial charge on any atom is -0.326 e. The molecule has 0 bridgehead atoms. The molecule has 3 N–H and O–H groups in total. The lowest BCUT2D eigenvalue weighted by atomic mass is 10.1. The first-order valence-electron chi connectivity index (χ1n) is 7.54. The smallest absolute Gasteiger partial charge is 0.323 e. The molecule has 24 heavy (non-hydrogen) atoms. The third-order valence-electron chi connectivity index (χ3n) is 3.45. The first kappa shape index (κ1) is 15.6. The van der Waals surface area contributed by atoms with Crippen LogP contribution in [0.1, 0.15) is 6.92 Å². The van der Waals surface area contributed by atoms with Gasteiger partial charge in [-0.05, 0) is 41.1 Å². The van der Waals surface area contributed by atoms with E-state index in [1.165, 1.54) is 6.92 Å². The number of anilines is 3. The quantitative estimate of drug-likeness (QED) is 0.668. The Labute approximate surface area is 139 Å². The summed E-state index contributed by atoms with van der Waals surface area (Å²) in [4.78, 5) is 23.2. The molecule has 0 spiro atoms. The minimum atomic E-state index is -0.342. The van der Waals surface area contributed by atoms with Crippen LogP contribution in [0.5, 0.6) is 0 Å². The number of benzene rings is 3. The van der Waals surface area contributed by atoms with Gasteiger partial charge in [0.05, 0.1) is 0 Å². The summed E-state index contributed by atoms with van der Waals surface area (Å²) >= 11 is 0. The number of amides is 3. The largest absolute Gasteiger partial charge is 0.326 e. The number of rotatable bonds is 3. The van der Waals surface area contributed by atoms with E-state index >= 15 is 0 Å². The zero-order valence-corrected chi connectivity index (χ0v) is 13.2. The fourth-order valence-corrected chi connectivity index (χ4v) is 2.44. The molecule has 0 aromatic heterocycles.